The maximum Gasteiger partial charge on any atom is 0.163 e. The van der Waals surface area contributed by atoms with Crippen LogP contribution in [-0.2, 0) is 10.8 Å². The Hall–Kier alpha value is -6.69. The number of thiophene rings is 1. The molecule has 0 amide bonds. The molecule has 7 aromatic carbocycles. The van der Waals surface area contributed by atoms with Crippen molar-refractivity contribution >= 4 is 64.1 Å². The van der Waals surface area contributed by atoms with Crippen molar-refractivity contribution in [3.63, 3.8) is 0 Å². The van der Waals surface area contributed by atoms with Crippen molar-refractivity contribution in [3.8, 4) is 39.6 Å². The maximum absolute atomic E-state index is 5.26. The Balaban J connectivity index is 1.01. The van der Waals surface area contributed by atoms with Gasteiger partial charge < -0.3 is 4.57 Å². The highest BCUT2D eigenvalue weighted by Crippen LogP contribution is 2.49. The molecule has 0 fully saturated rings. The van der Waals surface area contributed by atoms with Gasteiger partial charge in [0, 0.05) is 53.7 Å². The van der Waals surface area contributed by atoms with E-state index >= 15 is 0 Å². The van der Waals surface area contributed by atoms with Crippen molar-refractivity contribution < 1.29 is 0 Å². The Labute approximate surface area is 366 Å². The second-order valence-electron chi connectivity index (χ2n) is 18.6. The van der Waals surface area contributed by atoms with Gasteiger partial charge in [0.1, 0.15) is 5.82 Å². The summed E-state index contributed by atoms with van der Waals surface area (Å²) in [5, 5.41) is 7.76. The molecule has 1 atom stereocenters. The van der Waals surface area contributed by atoms with Crippen LogP contribution < -0.4 is 0 Å². The van der Waals surface area contributed by atoms with Crippen LogP contribution in [0.15, 0.2) is 164 Å². The van der Waals surface area contributed by atoms with Crippen molar-refractivity contribution in [2.24, 2.45) is 0 Å². The zero-order valence-electron chi connectivity index (χ0n) is 35.5. The summed E-state index contributed by atoms with van der Waals surface area (Å²) in [4.78, 5) is 15.7. The quantitative estimate of drug-likeness (QED) is 0.174. The smallest absolute Gasteiger partial charge is 0.163 e. The van der Waals surface area contributed by atoms with Crippen molar-refractivity contribution in [2.45, 2.75) is 63.7 Å². The molecule has 1 unspecified atom stereocenters. The van der Waals surface area contributed by atoms with Crippen LogP contribution in [0, 0.1) is 0 Å². The third kappa shape index (κ3) is 5.89. The molecule has 3 aromatic heterocycles. The number of hydrogen-bond acceptors (Lipinski definition) is 4. The molecule has 2 aliphatic carbocycles. The largest absolute Gasteiger partial charge is 0.309 e. The predicted molar refractivity (Wildman–Crippen MR) is 262 cm³/mol. The first-order valence-electron chi connectivity index (χ1n) is 21.9. The van der Waals surface area contributed by atoms with E-state index in [1.807, 2.05) is 11.3 Å². The number of allylic oxidation sites excluding steroid dienone is 4. The lowest BCUT2D eigenvalue weighted by Crippen LogP contribution is -2.33. The summed E-state index contributed by atoms with van der Waals surface area (Å²) in [6, 6.07) is 51.4. The first-order valence-corrected chi connectivity index (χ1v) is 22.7. The molecular weight excluding hydrogens is 773 g/mol. The third-order valence-corrected chi connectivity index (χ3v) is 15.0. The van der Waals surface area contributed by atoms with Crippen molar-refractivity contribution in [2.75, 3.05) is 0 Å². The van der Waals surface area contributed by atoms with Gasteiger partial charge in [-0.25, -0.2) is 15.0 Å². The second kappa shape index (κ2) is 13.9. The van der Waals surface area contributed by atoms with E-state index in [2.05, 4.69) is 196 Å². The van der Waals surface area contributed by atoms with E-state index in [4.69, 9.17) is 15.0 Å². The SMILES string of the molecule is CC1(C)CCC(C)(C)c2cc3c(cc21)c1c2ccccc2ccc1n3-c1cccc(-c2nc(-c3ccc(-c4cccc5c4sc4ccccc45)cc3)nc(C3C=CC=CC3)n2)c1. The van der Waals surface area contributed by atoms with Gasteiger partial charge in [0.15, 0.2) is 11.6 Å². The van der Waals surface area contributed by atoms with Gasteiger partial charge >= 0.3 is 0 Å². The number of hydrogen-bond donors (Lipinski definition) is 0. The Morgan fingerprint density at radius 1 is 0.565 bits per heavy atom. The number of rotatable bonds is 5. The van der Waals surface area contributed by atoms with Gasteiger partial charge in [0.2, 0.25) is 0 Å². The molecule has 0 saturated heterocycles. The molecule has 0 bridgehead atoms. The first-order chi connectivity index (χ1) is 30.2. The molecule has 0 spiro atoms. The molecule has 0 N–H and O–H groups in total. The molecule has 0 aliphatic heterocycles. The lowest BCUT2D eigenvalue weighted by atomic mass is 9.63. The summed E-state index contributed by atoms with van der Waals surface area (Å²) in [5.74, 6) is 2.22. The standard InChI is InChI=1S/C57H46N4S/c1-56(2)30-31-57(3,4)47-34-49-45(33-46(47)56)51-41-19-9-8-14-35(41)28-29-48(51)61(49)40-18-12-17-39(32-40)55-59-53(37-15-6-5-7-16-37)58-54(60-55)38-26-24-36(25-27-38)42-21-13-22-44-43-20-10-11-23-50(43)62-52(42)44/h5-15,17-29,32-34,37H,16,30-31H2,1-4H3. The van der Waals surface area contributed by atoms with E-state index in [0.717, 1.165) is 35.5 Å². The van der Waals surface area contributed by atoms with Crippen LogP contribution in [0.5, 0.6) is 0 Å². The molecule has 12 rings (SSSR count). The highest BCUT2D eigenvalue weighted by molar-refractivity contribution is 7.26. The summed E-state index contributed by atoms with van der Waals surface area (Å²) in [6.07, 6.45) is 11.8. The van der Waals surface area contributed by atoms with E-state index < -0.39 is 0 Å². The molecular formula is C57H46N4S. The predicted octanol–water partition coefficient (Wildman–Crippen LogP) is 15.4. The Morgan fingerprint density at radius 2 is 1.27 bits per heavy atom. The van der Waals surface area contributed by atoms with E-state index in [1.54, 1.807) is 0 Å². The number of aromatic nitrogens is 4. The summed E-state index contributed by atoms with van der Waals surface area (Å²) < 4.78 is 5.10. The number of nitrogens with zero attached hydrogens (tertiary/aromatic N) is 4. The Morgan fingerprint density at radius 3 is 2.08 bits per heavy atom. The lowest BCUT2D eigenvalue weighted by Gasteiger charge is -2.42. The van der Waals surface area contributed by atoms with E-state index in [-0.39, 0.29) is 16.7 Å². The van der Waals surface area contributed by atoms with Crippen LogP contribution in [0.2, 0.25) is 0 Å². The van der Waals surface area contributed by atoms with Crippen molar-refractivity contribution in [1.82, 2.24) is 19.5 Å². The van der Waals surface area contributed by atoms with E-state index in [1.165, 1.54) is 81.4 Å². The molecule has 300 valence electrons. The van der Waals surface area contributed by atoms with Crippen molar-refractivity contribution in [1.29, 1.82) is 0 Å². The van der Waals surface area contributed by atoms with Crippen LogP contribution in [0.1, 0.15) is 69.8 Å². The summed E-state index contributed by atoms with van der Waals surface area (Å²) in [7, 11) is 0. The fourth-order valence-corrected chi connectivity index (χ4v) is 11.5. The van der Waals surface area contributed by atoms with Crippen LogP contribution in [0.4, 0.5) is 0 Å². The van der Waals surface area contributed by atoms with Gasteiger partial charge in [0.25, 0.3) is 0 Å². The fraction of sp³-hybridized carbons (Fsp3) is 0.175. The highest BCUT2D eigenvalue weighted by atomic mass is 32.1. The van der Waals surface area contributed by atoms with Crippen LogP contribution in [0.3, 0.4) is 0 Å². The van der Waals surface area contributed by atoms with Gasteiger partial charge in [-0.2, -0.15) is 0 Å². The lowest BCUT2D eigenvalue weighted by molar-refractivity contribution is 0.332. The van der Waals surface area contributed by atoms with Crippen LogP contribution >= 0.6 is 11.3 Å². The summed E-state index contributed by atoms with van der Waals surface area (Å²) in [5.41, 5.74) is 11.0. The fourth-order valence-electron chi connectivity index (χ4n) is 10.3. The zero-order chi connectivity index (χ0) is 41.7. The molecule has 0 saturated carbocycles. The zero-order valence-corrected chi connectivity index (χ0v) is 36.3. The summed E-state index contributed by atoms with van der Waals surface area (Å²) in [6.45, 7) is 9.68. The average Bonchev–Trinajstić information content (AvgIpc) is 3.86. The van der Waals surface area contributed by atoms with Gasteiger partial charge in [-0.15, -0.1) is 11.3 Å². The molecule has 5 heteroatoms. The molecule has 0 radical (unpaired) electrons. The molecule has 3 heterocycles. The van der Waals surface area contributed by atoms with E-state index in [9.17, 15) is 0 Å². The molecule has 4 nitrogen and oxygen atoms in total. The minimum atomic E-state index is 0.0675. The minimum Gasteiger partial charge on any atom is -0.309 e. The number of fused-ring (bicyclic) bond motifs is 9. The van der Waals surface area contributed by atoms with Gasteiger partial charge in [-0.05, 0) is 99.5 Å². The normalized spacial score (nSPS) is 16.8. The van der Waals surface area contributed by atoms with Gasteiger partial charge in [0.05, 0.1) is 11.0 Å². The Kier molecular flexibility index (Phi) is 8.33. The topological polar surface area (TPSA) is 43.6 Å². The minimum absolute atomic E-state index is 0.0675. The van der Waals surface area contributed by atoms with E-state index in [0.29, 0.717) is 11.6 Å². The van der Waals surface area contributed by atoms with Crippen molar-refractivity contribution in [3.05, 3.63) is 181 Å². The van der Waals surface area contributed by atoms with Crippen LogP contribution in [-0.4, -0.2) is 19.5 Å². The molecule has 62 heavy (non-hydrogen) atoms. The monoisotopic (exact) mass is 818 g/mol. The third-order valence-electron chi connectivity index (χ3n) is 13.8. The Bertz CT molecular complexity index is 3510. The van der Waals surface area contributed by atoms with Gasteiger partial charge in [-0.1, -0.05) is 155 Å². The average molecular weight is 819 g/mol. The number of benzene rings is 7. The molecule has 2 aliphatic rings. The highest BCUT2D eigenvalue weighted by Gasteiger charge is 2.38. The second-order valence-corrected chi connectivity index (χ2v) is 19.7. The maximum atomic E-state index is 5.26. The molecule has 10 aromatic rings. The van der Waals surface area contributed by atoms with Gasteiger partial charge in [-0.3, -0.25) is 0 Å². The first kappa shape index (κ1) is 37.1. The summed E-state index contributed by atoms with van der Waals surface area (Å²) >= 11 is 1.86. The van der Waals surface area contributed by atoms with Crippen LogP contribution in [0.25, 0.3) is 92.3 Å².